The van der Waals surface area contributed by atoms with Crippen molar-refractivity contribution in [1.29, 1.82) is 0 Å². The van der Waals surface area contributed by atoms with Crippen molar-refractivity contribution in [3.05, 3.63) is 33.3 Å². The largest absolute Gasteiger partial charge is 1.00 e. The third kappa shape index (κ3) is 6.30. The number of hydrogen-bond acceptors (Lipinski definition) is 1. The van der Waals surface area contributed by atoms with Crippen LogP contribution in [0.25, 0.3) is 0 Å². The summed E-state index contributed by atoms with van der Waals surface area (Å²) in [7, 11) is 4.36. The fourth-order valence-electron chi connectivity index (χ4n) is 4.23. The fraction of sp³-hybridized carbons (Fsp3) is 0.667. The first-order valence-corrected chi connectivity index (χ1v) is 13.0. The van der Waals surface area contributed by atoms with Crippen LogP contribution in [-0.2, 0) is 25.9 Å². The van der Waals surface area contributed by atoms with Crippen LogP contribution in [0.5, 0.6) is 0 Å². The molecule has 1 nitrogen and oxygen atoms in total. The maximum Gasteiger partial charge on any atom is 1.00 e. The number of benzene rings is 1. The first-order chi connectivity index (χ1) is 11.6. The van der Waals surface area contributed by atoms with Crippen molar-refractivity contribution >= 4 is 28.3 Å². The molecule has 0 bridgehead atoms. The van der Waals surface area contributed by atoms with Crippen molar-refractivity contribution in [1.82, 2.24) is 0 Å². The van der Waals surface area contributed by atoms with Crippen molar-refractivity contribution < 1.29 is 40.7 Å². The van der Waals surface area contributed by atoms with Crippen molar-refractivity contribution in [2.45, 2.75) is 66.1 Å². The second-order valence-electron chi connectivity index (χ2n) is 7.64. The number of aryl methyl sites for hydroxylation is 2. The summed E-state index contributed by atoms with van der Waals surface area (Å²) in [6, 6.07) is 6.82. The van der Waals surface area contributed by atoms with E-state index in [1.807, 2.05) is 0 Å². The number of nitrogens with zero attached hydrogens (tertiary/aromatic N) is 1. The van der Waals surface area contributed by atoms with Crippen LogP contribution < -0.4 is 26.1 Å². The molecule has 2 fully saturated rings. The predicted molar refractivity (Wildman–Crippen MR) is 110 cm³/mol. The van der Waals surface area contributed by atoms with Crippen LogP contribution in [-0.4, -0.2) is 21.9 Å². The molecule has 3 atom stereocenters. The van der Waals surface area contributed by atoms with E-state index in [-0.39, 0.29) is 19.5 Å². The van der Waals surface area contributed by atoms with Gasteiger partial charge in [-0.15, -0.1) is 0 Å². The zero-order chi connectivity index (χ0) is 17.1. The summed E-state index contributed by atoms with van der Waals surface area (Å²) in [5, 5.41) is 0. The van der Waals surface area contributed by atoms with Gasteiger partial charge < -0.3 is 0 Å². The summed E-state index contributed by atoms with van der Waals surface area (Å²) in [6.45, 7) is 2.24. The second kappa shape index (κ2) is 10.6. The van der Waals surface area contributed by atoms with Crippen LogP contribution in [0.4, 0.5) is 5.69 Å². The normalized spacial score (nSPS) is 27.4. The van der Waals surface area contributed by atoms with Gasteiger partial charge in [0.15, 0.2) is 0 Å². The smallest absolute Gasteiger partial charge is 1.00 e. The van der Waals surface area contributed by atoms with Crippen LogP contribution in [0.2, 0.25) is 0 Å². The third-order valence-corrected chi connectivity index (χ3v) is 11.0. The van der Waals surface area contributed by atoms with Gasteiger partial charge in [0.25, 0.3) is 0 Å². The molecule has 143 valence electrons. The molecule has 2 aliphatic rings. The number of fused-ring (bicyclic) bond motifs is 1. The minimum atomic E-state index is 0. The number of hydrogen-bond donors (Lipinski definition) is 0. The molecule has 1 saturated heterocycles. The first-order valence-electron chi connectivity index (χ1n) is 9.45. The second-order valence-corrected chi connectivity index (χ2v) is 12.9. The molecule has 1 aromatic rings. The van der Waals surface area contributed by atoms with Crippen LogP contribution in [0, 0.1) is 16.8 Å². The van der Waals surface area contributed by atoms with Crippen molar-refractivity contribution in [2.75, 3.05) is 19.0 Å². The number of para-hydroxylation sites is 1. The molecule has 3 unspecified atom stereocenters. The fourth-order valence-corrected chi connectivity index (χ4v) is 8.50. The Bertz CT molecular complexity index is 549. The van der Waals surface area contributed by atoms with Gasteiger partial charge in [0.1, 0.15) is 0 Å². The van der Waals surface area contributed by atoms with Crippen LogP contribution in [0.1, 0.15) is 56.1 Å². The maximum atomic E-state index is 2.70. The van der Waals surface area contributed by atoms with Crippen LogP contribution in [0.3, 0.4) is 0 Å². The number of alkyl halides is 2. The molecule has 1 saturated carbocycles. The molecular weight excluding hydrogens is 621 g/mol. The molecule has 3 rings (SSSR count). The Morgan fingerprint density at radius 3 is 2.60 bits per heavy atom. The minimum absolute atomic E-state index is 0. The van der Waals surface area contributed by atoms with Gasteiger partial charge in [-0.3, -0.25) is 0 Å². The van der Waals surface area contributed by atoms with Gasteiger partial charge in [-0.1, -0.05) is 0 Å². The monoisotopic (exact) mass is 653 g/mol. The molecule has 25 heavy (non-hydrogen) atoms. The van der Waals surface area contributed by atoms with Crippen LogP contribution >= 0.6 is 22.6 Å². The van der Waals surface area contributed by atoms with Gasteiger partial charge in [-0.2, -0.15) is 0 Å². The minimum Gasteiger partial charge on any atom is 1.00 e. The quantitative estimate of drug-likeness (QED) is 0.210. The van der Waals surface area contributed by atoms with E-state index in [1.54, 1.807) is 16.8 Å². The Balaban J connectivity index is 0.00000225. The number of halogens is 2. The van der Waals surface area contributed by atoms with E-state index in [1.165, 1.54) is 63.2 Å². The Morgan fingerprint density at radius 1 is 1.16 bits per heavy atom. The van der Waals surface area contributed by atoms with E-state index in [2.05, 4.69) is 66.7 Å². The zero-order valence-corrected chi connectivity index (χ0v) is 21.7. The Hall–Kier alpha value is 1.10. The molecule has 0 spiro atoms. The molecule has 1 aliphatic carbocycles. The van der Waals surface area contributed by atoms with E-state index in [4.69, 9.17) is 0 Å². The van der Waals surface area contributed by atoms with Gasteiger partial charge >= 0.3 is 193 Å². The molecule has 1 heterocycles. The first kappa shape index (κ1) is 22.4. The molecule has 1 aromatic carbocycles. The van der Waals surface area contributed by atoms with E-state index in [9.17, 15) is 0 Å². The Morgan fingerprint density at radius 2 is 1.88 bits per heavy atom. The molecule has 4 heteroatoms. The SMILES string of the molecule is Cc1cccc(CCC2CCCC3[I-]C3CCC[C-]2I)c1N(C)C.[Ru+]. The molecule has 0 aromatic heterocycles. The molecule has 0 amide bonds. The predicted octanol–water partition coefficient (Wildman–Crippen LogP) is 2.77. The van der Waals surface area contributed by atoms with Crippen LogP contribution in [0.15, 0.2) is 18.2 Å². The van der Waals surface area contributed by atoms with Crippen molar-refractivity contribution in [3.63, 3.8) is 0 Å². The average molecular weight is 652 g/mol. The van der Waals surface area contributed by atoms with Gasteiger partial charge in [0, 0.05) is 0 Å². The van der Waals surface area contributed by atoms with Crippen molar-refractivity contribution in [3.8, 4) is 0 Å². The van der Waals surface area contributed by atoms with E-state index in [0.29, 0.717) is 21.2 Å². The van der Waals surface area contributed by atoms with E-state index in [0.717, 1.165) is 5.92 Å². The maximum absolute atomic E-state index is 2.70. The number of rotatable bonds is 4. The van der Waals surface area contributed by atoms with E-state index >= 15 is 0 Å². The molecule has 1 radical (unpaired) electrons. The van der Waals surface area contributed by atoms with Gasteiger partial charge in [-0.05, 0) is 0 Å². The Kier molecular flexibility index (Phi) is 9.49. The van der Waals surface area contributed by atoms with Gasteiger partial charge in [0.05, 0.1) is 0 Å². The standard InChI is InChI=1S/C21H31I2N.Ru/c1-15-7-4-9-17(21(15)24(2)3)14-13-16-8-5-11-19-20(23-19)12-6-10-18(16)22;/h4,7,9,16,19-20H,5-6,8,10-14H2,1-3H3;/q-2;+1. The zero-order valence-electron chi connectivity index (χ0n) is 15.7. The summed E-state index contributed by atoms with van der Waals surface area (Å²) < 4.78 is 4.18. The van der Waals surface area contributed by atoms with Gasteiger partial charge in [0.2, 0.25) is 0 Å². The number of anilines is 1. The van der Waals surface area contributed by atoms with Crippen molar-refractivity contribution in [2.24, 2.45) is 5.92 Å². The summed E-state index contributed by atoms with van der Waals surface area (Å²) in [6.07, 6.45) is 11.4. The topological polar surface area (TPSA) is 3.24 Å². The summed E-state index contributed by atoms with van der Waals surface area (Å²) in [5.74, 6) is 0.842. The molecule has 1 aliphatic heterocycles. The summed E-state index contributed by atoms with van der Waals surface area (Å²) in [5.41, 5.74) is 4.39. The Labute approximate surface area is 191 Å². The summed E-state index contributed by atoms with van der Waals surface area (Å²) in [4.78, 5) is 2.30. The third-order valence-electron chi connectivity index (χ3n) is 5.55. The molecular formula is C21H31I2NRu-. The summed E-state index contributed by atoms with van der Waals surface area (Å²) >= 11 is 3.30. The molecule has 0 N–H and O–H groups in total. The van der Waals surface area contributed by atoms with Gasteiger partial charge in [-0.25, -0.2) is 0 Å². The average Bonchev–Trinajstić information content (AvgIpc) is 3.28. The van der Waals surface area contributed by atoms with E-state index < -0.39 is 0 Å².